The summed E-state index contributed by atoms with van der Waals surface area (Å²) in [5, 5.41) is 3.71. The van der Waals surface area contributed by atoms with E-state index in [9.17, 15) is 18.0 Å². The fraction of sp³-hybridized carbons (Fsp3) is 0.190. The van der Waals surface area contributed by atoms with Gasteiger partial charge in [0.25, 0.3) is 15.9 Å². The van der Waals surface area contributed by atoms with E-state index in [1.165, 1.54) is 5.56 Å². The number of rotatable bonds is 4. The van der Waals surface area contributed by atoms with Crippen LogP contribution in [0.1, 0.15) is 24.1 Å². The molecule has 1 saturated heterocycles. The standard InChI is InChI=1S/C17H15BrN2O3S.C4H4BrNO2/c1-11-3-5-13(6-4-11)14-7-9-15(10-8-14)24(21,22)20-17-16(18)12(2)19-23-17;5-6-3(7)1-2-4(6)8/h3-10,20H,1-2H3;1-2H2. The molecule has 0 unspecified atom stereocenters. The van der Waals surface area contributed by atoms with Gasteiger partial charge in [0.1, 0.15) is 4.47 Å². The number of halogens is 2. The predicted molar refractivity (Wildman–Crippen MR) is 126 cm³/mol. The molecule has 4 rings (SSSR count). The fourth-order valence-electron chi connectivity index (χ4n) is 2.72. The van der Waals surface area contributed by atoms with Crippen molar-refractivity contribution in [3.05, 3.63) is 64.3 Å². The number of benzene rings is 2. The smallest absolute Gasteiger partial charge is 0.264 e. The second-order valence-electron chi connectivity index (χ2n) is 6.98. The summed E-state index contributed by atoms with van der Waals surface area (Å²) < 4.78 is 33.7. The Kier molecular flexibility index (Phi) is 7.52. The maximum absolute atomic E-state index is 12.4. The number of hydrogen-bond donors (Lipinski definition) is 1. The van der Waals surface area contributed by atoms with Crippen molar-refractivity contribution in [3.63, 3.8) is 0 Å². The van der Waals surface area contributed by atoms with Crippen molar-refractivity contribution in [1.82, 2.24) is 9.08 Å². The van der Waals surface area contributed by atoms with Crippen LogP contribution >= 0.6 is 32.1 Å². The van der Waals surface area contributed by atoms with E-state index in [1.807, 2.05) is 31.2 Å². The van der Waals surface area contributed by atoms with Gasteiger partial charge in [-0.15, -0.1) is 0 Å². The van der Waals surface area contributed by atoms with Crippen LogP contribution in [0.25, 0.3) is 11.1 Å². The Labute approximate surface area is 202 Å². The lowest BCUT2D eigenvalue weighted by Gasteiger charge is -2.07. The number of carbonyl (C=O) groups excluding carboxylic acids is 2. The van der Waals surface area contributed by atoms with Gasteiger partial charge >= 0.3 is 0 Å². The van der Waals surface area contributed by atoms with Crippen LogP contribution in [0.2, 0.25) is 0 Å². The van der Waals surface area contributed by atoms with Crippen molar-refractivity contribution in [2.24, 2.45) is 0 Å². The molecular weight excluding hydrogens is 566 g/mol. The summed E-state index contributed by atoms with van der Waals surface area (Å²) in [5.41, 5.74) is 3.73. The van der Waals surface area contributed by atoms with Gasteiger partial charge in [0.2, 0.25) is 11.8 Å². The number of hydrogen-bond acceptors (Lipinski definition) is 6. The third-order valence-corrected chi connectivity index (χ3v) is 7.63. The van der Waals surface area contributed by atoms with Gasteiger partial charge in [0, 0.05) is 12.8 Å². The highest BCUT2D eigenvalue weighted by atomic mass is 79.9. The Bertz CT molecular complexity index is 1220. The zero-order chi connectivity index (χ0) is 23.5. The number of aryl methyl sites for hydroxylation is 2. The van der Waals surface area contributed by atoms with Crippen LogP contribution in [-0.4, -0.2) is 29.3 Å². The number of imide groups is 1. The predicted octanol–water partition coefficient (Wildman–Crippen LogP) is 4.97. The van der Waals surface area contributed by atoms with Crippen molar-refractivity contribution < 1.29 is 22.5 Å². The minimum absolute atomic E-state index is 0.0649. The molecule has 1 fully saturated rings. The van der Waals surface area contributed by atoms with Gasteiger partial charge in [0.05, 0.1) is 26.7 Å². The first kappa shape index (κ1) is 24.1. The summed E-state index contributed by atoms with van der Waals surface area (Å²) in [7, 11) is -3.74. The van der Waals surface area contributed by atoms with Gasteiger partial charge < -0.3 is 4.52 Å². The summed E-state index contributed by atoms with van der Waals surface area (Å²) in [6.45, 7) is 3.73. The van der Waals surface area contributed by atoms with Gasteiger partial charge in [0.15, 0.2) is 0 Å². The molecule has 0 aliphatic carbocycles. The highest BCUT2D eigenvalue weighted by molar-refractivity contribution is 9.10. The first-order valence-electron chi connectivity index (χ1n) is 9.42. The topological polar surface area (TPSA) is 110 Å². The monoisotopic (exact) mass is 583 g/mol. The minimum Gasteiger partial charge on any atom is -0.336 e. The molecule has 32 heavy (non-hydrogen) atoms. The molecule has 0 bridgehead atoms. The fourth-order valence-corrected chi connectivity index (χ4v) is 4.45. The number of nitrogens with zero attached hydrogens (tertiary/aromatic N) is 2. The minimum atomic E-state index is -3.74. The second-order valence-corrected chi connectivity index (χ2v) is 10.2. The molecule has 0 saturated carbocycles. The lowest BCUT2D eigenvalue weighted by Crippen LogP contribution is -2.16. The molecule has 1 aliphatic rings. The molecule has 0 spiro atoms. The van der Waals surface area contributed by atoms with E-state index in [0.717, 1.165) is 15.1 Å². The van der Waals surface area contributed by atoms with Crippen LogP contribution in [0.15, 0.2) is 62.4 Å². The molecular formula is C21H19Br2N3O5S. The SMILES string of the molecule is Cc1ccc(-c2ccc(S(=O)(=O)Nc3onc(C)c3Br)cc2)cc1.O=C1CCC(=O)N1Br. The van der Waals surface area contributed by atoms with Crippen molar-refractivity contribution in [2.45, 2.75) is 31.6 Å². The number of amides is 2. The van der Waals surface area contributed by atoms with E-state index >= 15 is 0 Å². The molecule has 8 nitrogen and oxygen atoms in total. The van der Waals surface area contributed by atoms with Crippen molar-refractivity contribution in [2.75, 3.05) is 4.72 Å². The summed E-state index contributed by atoms with van der Waals surface area (Å²) >= 11 is 6.04. The van der Waals surface area contributed by atoms with Gasteiger partial charge in [-0.05, 0) is 53.0 Å². The zero-order valence-electron chi connectivity index (χ0n) is 17.1. The lowest BCUT2D eigenvalue weighted by molar-refractivity contribution is -0.131. The Morgan fingerprint density at radius 2 is 1.44 bits per heavy atom. The number of sulfonamides is 1. The van der Waals surface area contributed by atoms with Crippen molar-refractivity contribution >= 4 is 59.8 Å². The Morgan fingerprint density at radius 3 is 1.84 bits per heavy atom. The molecule has 1 aliphatic heterocycles. The first-order chi connectivity index (χ1) is 15.1. The van der Waals surface area contributed by atoms with Crippen LogP contribution in [-0.2, 0) is 19.6 Å². The summed E-state index contributed by atoms with van der Waals surface area (Å²) in [4.78, 5) is 21.0. The molecule has 2 amide bonds. The van der Waals surface area contributed by atoms with E-state index in [0.29, 0.717) is 23.0 Å². The number of nitrogens with one attached hydrogen (secondary N) is 1. The molecule has 2 heterocycles. The number of anilines is 1. The number of carbonyl (C=O) groups is 2. The Balaban J connectivity index is 0.000000305. The van der Waals surface area contributed by atoms with E-state index in [4.69, 9.17) is 4.52 Å². The molecule has 0 atom stereocenters. The van der Waals surface area contributed by atoms with Crippen LogP contribution in [0.3, 0.4) is 0 Å². The second kappa shape index (κ2) is 9.97. The van der Waals surface area contributed by atoms with E-state index in [-0.39, 0.29) is 22.6 Å². The van der Waals surface area contributed by atoms with Gasteiger partial charge in [-0.3, -0.25) is 9.59 Å². The largest absolute Gasteiger partial charge is 0.336 e. The zero-order valence-corrected chi connectivity index (χ0v) is 21.1. The third-order valence-electron chi connectivity index (χ3n) is 4.56. The van der Waals surface area contributed by atoms with Gasteiger partial charge in [-0.1, -0.05) is 47.1 Å². The lowest BCUT2D eigenvalue weighted by atomic mass is 10.0. The number of aromatic nitrogens is 1. The molecule has 11 heteroatoms. The maximum atomic E-state index is 12.4. The highest BCUT2D eigenvalue weighted by Crippen LogP contribution is 2.28. The van der Waals surface area contributed by atoms with E-state index in [2.05, 4.69) is 42.0 Å². The van der Waals surface area contributed by atoms with E-state index < -0.39 is 10.0 Å². The Morgan fingerprint density at radius 1 is 0.938 bits per heavy atom. The highest BCUT2D eigenvalue weighted by Gasteiger charge is 2.26. The first-order valence-corrected chi connectivity index (χ1v) is 12.4. The van der Waals surface area contributed by atoms with E-state index in [1.54, 1.807) is 31.2 Å². The molecule has 168 valence electrons. The van der Waals surface area contributed by atoms with Crippen molar-refractivity contribution in [1.29, 1.82) is 0 Å². The quantitative estimate of drug-likeness (QED) is 0.342. The summed E-state index contributed by atoms with van der Waals surface area (Å²) in [6.07, 6.45) is 0.703. The molecule has 3 aromatic rings. The molecule has 1 aromatic heterocycles. The third kappa shape index (κ3) is 5.64. The van der Waals surface area contributed by atoms with Crippen LogP contribution < -0.4 is 4.72 Å². The van der Waals surface area contributed by atoms with Crippen LogP contribution in [0.5, 0.6) is 0 Å². The molecule has 2 aromatic carbocycles. The normalized spacial score (nSPS) is 13.7. The van der Waals surface area contributed by atoms with Crippen molar-refractivity contribution in [3.8, 4) is 11.1 Å². The average Bonchev–Trinajstić information content (AvgIpc) is 3.24. The summed E-state index contributed by atoms with van der Waals surface area (Å²) in [6, 6.07) is 14.7. The van der Waals surface area contributed by atoms with Crippen LogP contribution in [0, 0.1) is 13.8 Å². The van der Waals surface area contributed by atoms with Gasteiger partial charge in [-0.2, -0.15) is 0 Å². The average molecular weight is 585 g/mol. The van der Waals surface area contributed by atoms with Gasteiger partial charge in [-0.25, -0.2) is 17.1 Å². The van der Waals surface area contributed by atoms with Crippen LogP contribution in [0.4, 0.5) is 5.88 Å². The Hall–Kier alpha value is -2.50. The molecule has 1 N–H and O–H groups in total. The summed E-state index contributed by atoms with van der Waals surface area (Å²) in [5.74, 6) is -0.222. The molecule has 0 radical (unpaired) electrons. The maximum Gasteiger partial charge on any atom is 0.264 e.